The molecule has 0 amide bonds. The van der Waals surface area contributed by atoms with Gasteiger partial charge in [0.15, 0.2) is 0 Å². The highest BCUT2D eigenvalue weighted by molar-refractivity contribution is 5.85. The zero-order valence-corrected chi connectivity index (χ0v) is 9.40. The van der Waals surface area contributed by atoms with Gasteiger partial charge < -0.3 is 19.6 Å². The summed E-state index contributed by atoms with van der Waals surface area (Å²) in [7, 11) is 0. The molecule has 2 aromatic rings. The van der Waals surface area contributed by atoms with Gasteiger partial charge in [-0.3, -0.25) is 0 Å². The zero-order chi connectivity index (χ0) is 12.3. The third kappa shape index (κ3) is 2.66. The van der Waals surface area contributed by atoms with E-state index < -0.39 is 5.97 Å². The normalized spacial score (nSPS) is 10.2. The standard InChI is InChI=1S/C13H13NO3/c1-9-3-2-4-11(7-9)17-8-10-5-6-14-12(10)13(15)16/h2-7,14H,8H2,1H3,(H,15,16)/p-1. The summed E-state index contributed by atoms with van der Waals surface area (Å²) in [5, 5.41) is 10.8. The van der Waals surface area contributed by atoms with Crippen molar-refractivity contribution in [2.75, 3.05) is 0 Å². The first-order valence-corrected chi connectivity index (χ1v) is 5.24. The molecule has 17 heavy (non-hydrogen) atoms. The van der Waals surface area contributed by atoms with E-state index in [1.807, 2.05) is 31.2 Å². The fraction of sp³-hybridized carbons (Fsp3) is 0.154. The van der Waals surface area contributed by atoms with Crippen LogP contribution in [-0.4, -0.2) is 11.0 Å². The van der Waals surface area contributed by atoms with Crippen LogP contribution >= 0.6 is 0 Å². The molecule has 1 aromatic carbocycles. The molecule has 0 fully saturated rings. The topological polar surface area (TPSA) is 65.2 Å². The Morgan fingerprint density at radius 2 is 2.24 bits per heavy atom. The molecule has 88 valence electrons. The monoisotopic (exact) mass is 230 g/mol. The van der Waals surface area contributed by atoms with Crippen LogP contribution in [0, 0.1) is 6.92 Å². The summed E-state index contributed by atoms with van der Waals surface area (Å²) in [5.41, 5.74) is 1.74. The Balaban J connectivity index is 2.07. The van der Waals surface area contributed by atoms with Crippen molar-refractivity contribution in [2.45, 2.75) is 13.5 Å². The van der Waals surface area contributed by atoms with E-state index in [1.165, 1.54) is 0 Å². The molecule has 1 N–H and O–H groups in total. The van der Waals surface area contributed by atoms with Crippen LogP contribution in [0.3, 0.4) is 0 Å². The first-order chi connectivity index (χ1) is 8.16. The molecule has 0 aliphatic rings. The zero-order valence-electron chi connectivity index (χ0n) is 9.40. The maximum atomic E-state index is 10.8. The van der Waals surface area contributed by atoms with Crippen LogP contribution in [0.4, 0.5) is 0 Å². The number of carbonyl (C=O) groups excluding carboxylic acids is 1. The summed E-state index contributed by atoms with van der Waals surface area (Å²) in [5.74, 6) is -0.506. The highest BCUT2D eigenvalue weighted by Crippen LogP contribution is 2.15. The molecule has 4 heteroatoms. The van der Waals surface area contributed by atoms with E-state index in [0.717, 1.165) is 11.3 Å². The number of rotatable bonds is 4. The number of aromatic amines is 1. The minimum atomic E-state index is -1.22. The third-order valence-corrected chi connectivity index (χ3v) is 2.42. The van der Waals surface area contributed by atoms with Crippen molar-refractivity contribution >= 4 is 5.97 Å². The number of carbonyl (C=O) groups is 1. The highest BCUT2D eigenvalue weighted by Gasteiger charge is 2.05. The third-order valence-electron chi connectivity index (χ3n) is 2.42. The molecule has 0 saturated carbocycles. The smallest absolute Gasteiger partial charge is 0.120 e. The van der Waals surface area contributed by atoms with E-state index in [9.17, 15) is 9.90 Å². The van der Waals surface area contributed by atoms with Crippen molar-refractivity contribution in [3.05, 3.63) is 53.3 Å². The Labute approximate surface area is 98.9 Å². The average Bonchev–Trinajstić information content (AvgIpc) is 2.74. The fourth-order valence-electron chi connectivity index (χ4n) is 1.58. The molecular formula is C13H12NO3-. The number of carboxylic acids is 1. The second kappa shape index (κ2) is 4.74. The van der Waals surface area contributed by atoms with Gasteiger partial charge in [0.1, 0.15) is 12.4 Å². The van der Waals surface area contributed by atoms with Crippen LogP contribution in [0.2, 0.25) is 0 Å². The van der Waals surface area contributed by atoms with E-state index >= 15 is 0 Å². The number of H-pyrrole nitrogens is 1. The molecule has 0 unspecified atom stereocenters. The minimum Gasteiger partial charge on any atom is -0.543 e. The molecule has 0 bridgehead atoms. The molecule has 2 rings (SSSR count). The SMILES string of the molecule is Cc1cccc(OCc2cc[nH]c2C(=O)[O-])c1. The number of hydrogen-bond acceptors (Lipinski definition) is 3. The molecule has 0 atom stereocenters. The van der Waals surface area contributed by atoms with Crippen LogP contribution in [0.1, 0.15) is 21.6 Å². The van der Waals surface area contributed by atoms with Gasteiger partial charge in [-0.25, -0.2) is 0 Å². The van der Waals surface area contributed by atoms with Gasteiger partial charge >= 0.3 is 0 Å². The molecule has 4 nitrogen and oxygen atoms in total. The summed E-state index contributed by atoms with van der Waals surface area (Å²) in [6.45, 7) is 2.17. The molecule has 0 radical (unpaired) electrons. The van der Waals surface area contributed by atoms with Gasteiger partial charge in [0.25, 0.3) is 0 Å². The second-order valence-electron chi connectivity index (χ2n) is 3.77. The molecule has 1 heterocycles. The number of aromatic carboxylic acids is 1. The van der Waals surface area contributed by atoms with Gasteiger partial charge in [0.05, 0.1) is 11.7 Å². The second-order valence-corrected chi connectivity index (χ2v) is 3.77. The molecule has 0 saturated heterocycles. The van der Waals surface area contributed by atoms with Crippen molar-refractivity contribution in [2.24, 2.45) is 0 Å². The van der Waals surface area contributed by atoms with Gasteiger partial charge in [0, 0.05) is 11.8 Å². The lowest BCUT2D eigenvalue weighted by Gasteiger charge is -2.08. The molecule has 0 spiro atoms. The number of aromatic nitrogens is 1. The van der Waals surface area contributed by atoms with Crippen LogP contribution in [0.25, 0.3) is 0 Å². The van der Waals surface area contributed by atoms with Crippen molar-refractivity contribution in [1.82, 2.24) is 4.98 Å². The lowest BCUT2D eigenvalue weighted by molar-refractivity contribution is -0.255. The number of carboxylic acid groups (broad SMARTS) is 1. The first kappa shape index (κ1) is 11.3. The van der Waals surface area contributed by atoms with Gasteiger partial charge in [-0.1, -0.05) is 12.1 Å². The fourth-order valence-corrected chi connectivity index (χ4v) is 1.58. The summed E-state index contributed by atoms with van der Waals surface area (Å²) in [6, 6.07) is 9.25. The average molecular weight is 230 g/mol. The summed E-state index contributed by atoms with van der Waals surface area (Å²) in [4.78, 5) is 13.4. The molecular weight excluding hydrogens is 218 g/mol. The Morgan fingerprint density at radius 3 is 2.94 bits per heavy atom. The van der Waals surface area contributed by atoms with E-state index in [1.54, 1.807) is 12.3 Å². The van der Waals surface area contributed by atoms with Gasteiger partial charge in [-0.15, -0.1) is 0 Å². The van der Waals surface area contributed by atoms with Crippen LogP contribution in [0.5, 0.6) is 5.75 Å². The van der Waals surface area contributed by atoms with Crippen molar-refractivity contribution in [1.29, 1.82) is 0 Å². The van der Waals surface area contributed by atoms with Crippen LogP contribution in [-0.2, 0) is 6.61 Å². The predicted octanol–water partition coefficient (Wildman–Crippen LogP) is 1.27. The number of benzene rings is 1. The Morgan fingerprint density at radius 1 is 1.41 bits per heavy atom. The maximum Gasteiger partial charge on any atom is 0.120 e. The first-order valence-electron chi connectivity index (χ1n) is 5.24. The van der Waals surface area contributed by atoms with Crippen LogP contribution in [0.15, 0.2) is 36.5 Å². The predicted molar refractivity (Wildman–Crippen MR) is 60.6 cm³/mol. The van der Waals surface area contributed by atoms with E-state index in [0.29, 0.717) is 5.56 Å². The number of hydrogen-bond donors (Lipinski definition) is 1. The number of ether oxygens (including phenoxy) is 1. The van der Waals surface area contributed by atoms with Crippen molar-refractivity contribution in [3.8, 4) is 5.75 Å². The Bertz CT molecular complexity index is 531. The minimum absolute atomic E-state index is 0.0673. The number of nitrogens with one attached hydrogen (secondary N) is 1. The summed E-state index contributed by atoms with van der Waals surface area (Å²) >= 11 is 0. The molecule has 0 aliphatic carbocycles. The molecule has 0 aliphatic heterocycles. The van der Waals surface area contributed by atoms with E-state index in [2.05, 4.69) is 4.98 Å². The number of aryl methyl sites for hydroxylation is 1. The highest BCUT2D eigenvalue weighted by atomic mass is 16.5. The Kier molecular flexibility index (Phi) is 3.14. The van der Waals surface area contributed by atoms with E-state index in [-0.39, 0.29) is 12.3 Å². The summed E-state index contributed by atoms with van der Waals surface area (Å²) in [6.07, 6.45) is 1.56. The molecule has 1 aromatic heterocycles. The summed E-state index contributed by atoms with van der Waals surface area (Å²) < 4.78 is 5.51. The largest absolute Gasteiger partial charge is 0.543 e. The lowest BCUT2D eigenvalue weighted by atomic mass is 10.2. The Hall–Kier alpha value is -2.23. The van der Waals surface area contributed by atoms with Crippen LogP contribution < -0.4 is 9.84 Å². The maximum absolute atomic E-state index is 10.8. The lowest BCUT2D eigenvalue weighted by Crippen LogP contribution is -2.24. The van der Waals surface area contributed by atoms with Crippen molar-refractivity contribution in [3.63, 3.8) is 0 Å². The van der Waals surface area contributed by atoms with E-state index in [4.69, 9.17) is 4.74 Å². The quantitative estimate of drug-likeness (QED) is 0.860. The van der Waals surface area contributed by atoms with Gasteiger partial charge in [-0.05, 0) is 30.7 Å². The van der Waals surface area contributed by atoms with Gasteiger partial charge in [-0.2, -0.15) is 0 Å². The van der Waals surface area contributed by atoms with Gasteiger partial charge in [0.2, 0.25) is 0 Å². The van der Waals surface area contributed by atoms with Crippen molar-refractivity contribution < 1.29 is 14.6 Å².